The van der Waals surface area contributed by atoms with Gasteiger partial charge in [-0.2, -0.15) is 11.8 Å². The summed E-state index contributed by atoms with van der Waals surface area (Å²) in [5.41, 5.74) is 0. The fourth-order valence-corrected chi connectivity index (χ4v) is 4.78. The third-order valence-electron chi connectivity index (χ3n) is 3.58. The van der Waals surface area contributed by atoms with Crippen molar-refractivity contribution in [3.05, 3.63) is 0 Å². The predicted molar refractivity (Wildman–Crippen MR) is 83.9 cm³/mol. The molecule has 0 aromatic heterocycles. The highest BCUT2D eigenvalue weighted by molar-refractivity contribution is 8.01. The van der Waals surface area contributed by atoms with Crippen molar-refractivity contribution >= 4 is 35.4 Å². The Morgan fingerprint density at radius 2 is 2.25 bits per heavy atom. The maximum Gasteiger partial charge on any atom is 0.329 e. The van der Waals surface area contributed by atoms with Gasteiger partial charge in [-0.25, -0.2) is 4.79 Å². The van der Waals surface area contributed by atoms with Gasteiger partial charge in [0.1, 0.15) is 12.6 Å². The van der Waals surface area contributed by atoms with Crippen LogP contribution in [0.1, 0.15) is 40.5 Å². The van der Waals surface area contributed by atoms with E-state index in [0.717, 1.165) is 12.2 Å². The first kappa shape index (κ1) is 16.0. The van der Waals surface area contributed by atoms with Gasteiger partial charge in [-0.05, 0) is 13.3 Å². The minimum Gasteiger partial charge on any atom is -0.463 e. The van der Waals surface area contributed by atoms with Crippen molar-refractivity contribution in [3.63, 3.8) is 0 Å². The number of esters is 1. The molecule has 0 radical (unpaired) electrons. The van der Waals surface area contributed by atoms with Crippen molar-refractivity contribution in [1.82, 2.24) is 4.90 Å². The van der Waals surface area contributed by atoms with Crippen LogP contribution in [0.25, 0.3) is 0 Å². The highest BCUT2D eigenvalue weighted by atomic mass is 32.2. The lowest BCUT2D eigenvalue weighted by Gasteiger charge is -2.29. The summed E-state index contributed by atoms with van der Waals surface area (Å²) in [6, 6.07) is -0.389. The zero-order valence-corrected chi connectivity index (χ0v) is 14.2. The van der Waals surface area contributed by atoms with Crippen molar-refractivity contribution in [1.29, 1.82) is 0 Å². The first-order valence-electron chi connectivity index (χ1n) is 7.00. The summed E-state index contributed by atoms with van der Waals surface area (Å²) in [4.78, 5) is 25.7. The van der Waals surface area contributed by atoms with Crippen LogP contribution in [-0.4, -0.2) is 50.5 Å². The molecule has 0 N–H and O–H groups in total. The predicted octanol–water partition coefficient (Wildman–Crippen LogP) is 2.52. The summed E-state index contributed by atoms with van der Waals surface area (Å²) in [6.07, 6.45) is 1.38. The summed E-state index contributed by atoms with van der Waals surface area (Å²) in [5, 5.41) is 0. The van der Waals surface area contributed by atoms with Gasteiger partial charge in [0.05, 0.1) is 4.87 Å². The molecule has 0 spiro atoms. The van der Waals surface area contributed by atoms with Crippen molar-refractivity contribution in [2.45, 2.75) is 56.2 Å². The van der Waals surface area contributed by atoms with Gasteiger partial charge in [0.25, 0.3) is 0 Å². The van der Waals surface area contributed by atoms with E-state index in [0.29, 0.717) is 18.8 Å². The van der Waals surface area contributed by atoms with E-state index in [4.69, 9.17) is 4.74 Å². The maximum absolute atomic E-state index is 12.2. The summed E-state index contributed by atoms with van der Waals surface area (Å²) < 4.78 is 5.54. The number of fused-ring (bicyclic) bond motifs is 1. The molecule has 0 aromatic carbocycles. The van der Waals surface area contributed by atoms with Gasteiger partial charge in [-0.1, -0.05) is 20.8 Å². The van der Waals surface area contributed by atoms with E-state index < -0.39 is 0 Å². The number of ether oxygens (including phenoxy) is 1. The van der Waals surface area contributed by atoms with E-state index in [2.05, 4.69) is 20.8 Å². The Hall–Kier alpha value is -0.360. The van der Waals surface area contributed by atoms with Crippen molar-refractivity contribution < 1.29 is 14.3 Å². The number of hydrogen-bond acceptors (Lipinski definition) is 5. The topological polar surface area (TPSA) is 46.6 Å². The standard InChI is InChI=1S/C14H23NO3S2/c1-13(2,3)19-8-7-18-12(17)10-9-20-14(4)6-5-11(16)15(10)14/h10H,5-9H2,1-4H3/t10-,14+/m1/s1. The molecule has 2 aliphatic rings. The number of carbonyl (C=O) groups is 2. The van der Waals surface area contributed by atoms with Gasteiger partial charge < -0.3 is 9.64 Å². The normalized spacial score (nSPS) is 29.7. The molecule has 4 nitrogen and oxygen atoms in total. The van der Waals surface area contributed by atoms with Crippen LogP contribution in [0.2, 0.25) is 0 Å². The molecular formula is C14H23NO3S2. The highest BCUT2D eigenvalue weighted by Crippen LogP contribution is 2.47. The third kappa shape index (κ3) is 3.45. The Morgan fingerprint density at radius 3 is 2.90 bits per heavy atom. The molecule has 0 saturated carbocycles. The SMILES string of the molecule is CC(C)(C)SCCOC(=O)[C@H]1CS[C@@]2(C)CCC(=O)N12. The lowest BCUT2D eigenvalue weighted by Crippen LogP contribution is -2.46. The number of thioether (sulfide) groups is 2. The minimum atomic E-state index is -0.389. The number of rotatable bonds is 4. The van der Waals surface area contributed by atoms with Crippen LogP contribution in [0, 0.1) is 0 Å². The molecule has 114 valence electrons. The molecule has 1 amide bonds. The van der Waals surface area contributed by atoms with Gasteiger partial charge >= 0.3 is 5.97 Å². The van der Waals surface area contributed by atoms with E-state index in [1.807, 2.05) is 6.92 Å². The van der Waals surface area contributed by atoms with Crippen molar-refractivity contribution in [2.24, 2.45) is 0 Å². The van der Waals surface area contributed by atoms with Crippen LogP contribution in [-0.2, 0) is 14.3 Å². The van der Waals surface area contributed by atoms with Crippen LogP contribution in [0.4, 0.5) is 0 Å². The number of nitrogens with zero attached hydrogens (tertiary/aromatic N) is 1. The molecule has 0 bridgehead atoms. The summed E-state index contributed by atoms with van der Waals surface area (Å²) in [7, 11) is 0. The largest absolute Gasteiger partial charge is 0.463 e. The second kappa shape index (κ2) is 5.79. The smallest absolute Gasteiger partial charge is 0.329 e. The van der Waals surface area contributed by atoms with E-state index in [1.165, 1.54) is 0 Å². The molecule has 2 aliphatic heterocycles. The molecule has 2 fully saturated rings. The molecule has 2 saturated heterocycles. The second-order valence-electron chi connectivity index (χ2n) is 6.39. The number of carbonyl (C=O) groups excluding carboxylic acids is 2. The molecule has 2 rings (SSSR count). The Morgan fingerprint density at radius 1 is 1.55 bits per heavy atom. The van der Waals surface area contributed by atoms with Crippen LogP contribution in [0.5, 0.6) is 0 Å². The van der Waals surface area contributed by atoms with Crippen molar-refractivity contribution in [3.8, 4) is 0 Å². The van der Waals surface area contributed by atoms with Crippen LogP contribution >= 0.6 is 23.5 Å². The van der Waals surface area contributed by atoms with Gasteiger partial charge in [-0.15, -0.1) is 11.8 Å². The summed E-state index contributed by atoms with van der Waals surface area (Å²) in [6.45, 7) is 8.89. The number of amides is 1. The monoisotopic (exact) mass is 317 g/mol. The maximum atomic E-state index is 12.2. The second-order valence-corrected chi connectivity index (χ2v) is 9.82. The molecule has 0 unspecified atom stereocenters. The molecule has 2 atom stereocenters. The Kier molecular flexibility index (Phi) is 4.64. The van der Waals surface area contributed by atoms with E-state index in [9.17, 15) is 9.59 Å². The zero-order valence-electron chi connectivity index (χ0n) is 12.6. The highest BCUT2D eigenvalue weighted by Gasteiger charge is 2.53. The number of hydrogen-bond donors (Lipinski definition) is 0. The average Bonchev–Trinajstić information content (AvgIpc) is 2.81. The van der Waals surface area contributed by atoms with Gasteiger partial charge in [0.15, 0.2) is 0 Å². The fraction of sp³-hybridized carbons (Fsp3) is 0.857. The lowest BCUT2D eigenvalue weighted by molar-refractivity contribution is -0.153. The average molecular weight is 317 g/mol. The lowest BCUT2D eigenvalue weighted by atomic mass is 10.2. The molecule has 6 heteroatoms. The van der Waals surface area contributed by atoms with Crippen molar-refractivity contribution in [2.75, 3.05) is 18.1 Å². The van der Waals surface area contributed by atoms with Crippen LogP contribution in [0.15, 0.2) is 0 Å². The van der Waals surface area contributed by atoms with E-state index >= 15 is 0 Å². The summed E-state index contributed by atoms with van der Waals surface area (Å²) >= 11 is 3.47. The fourth-order valence-electron chi connectivity index (χ4n) is 2.58. The van der Waals surface area contributed by atoms with Crippen LogP contribution in [0.3, 0.4) is 0 Å². The minimum absolute atomic E-state index is 0.0866. The van der Waals surface area contributed by atoms with Gasteiger partial charge in [0.2, 0.25) is 5.91 Å². The van der Waals surface area contributed by atoms with E-state index in [1.54, 1.807) is 28.4 Å². The Labute approximate surface area is 129 Å². The first-order chi connectivity index (χ1) is 9.23. The van der Waals surface area contributed by atoms with Gasteiger partial charge in [0, 0.05) is 22.7 Å². The van der Waals surface area contributed by atoms with E-state index in [-0.39, 0.29) is 27.5 Å². The molecule has 0 aromatic rings. The van der Waals surface area contributed by atoms with Crippen LogP contribution < -0.4 is 0 Å². The zero-order chi connectivity index (χ0) is 15.0. The Balaban J connectivity index is 1.83. The summed E-state index contributed by atoms with van der Waals surface area (Å²) in [5.74, 6) is 1.29. The quantitative estimate of drug-likeness (QED) is 0.589. The Bertz CT molecular complexity index is 408. The van der Waals surface area contributed by atoms with Gasteiger partial charge in [-0.3, -0.25) is 4.79 Å². The molecule has 2 heterocycles. The molecule has 20 heavy (non-hydrogen) atoms. The third-order valence-corrected chi connectivity index (χ3v) is 6.32. The molecule has 0 aliphatic carbocycles. The first-order valence-corrected chi connectivity index (χ1v) is 8.97. The molecular weight excluding hydrogens is 294 g/mol.